The molecule has 104 valence electrons. The minimum atomic E-state index is -1.03. The second-order valence-electron chi connectivity index (χ2n) is 4.25. The van der Waals surface area contributed by atoms with E-state index in [1.165, 1.54) is 12.1 Å². The second kappa shape index (κ2) is 7.56. The molecule has 0 fully saturated rings. The van der Waals surface area contributed by atoms with Crippen LogP contribution in [0.15, 0.2) is 24.3 Å². The predicted octanol–water partition coefficient (Wildman–Crippen LogP) is 3.88. The molecule has 4 heteroatoms. The molecule has 0 bridgehead atoms. The zero-order valence-corrected chi connectivity index (χ0v) is 11.3. The molecule has 0 unspecified atom stereocenters. The number of rotatable bonds is 7. The summed E-state index contributed by atoms with van der Waals surface area (Å²) in [5, 5.41) is 8.90. The van der Waals surface area contributed by atoms with Gasteiger partial charge in [0, 0.05) is 11.6 Å². The number of carboxylic acid groups (broad SMARTS) is 1. The molecule has 0 aromatic heterocycles. The summed E-state index contributed by atoms with van der Waals surface area (Å²) in [5.41, 5.74) is 1.11. The molecule has 0 aliphatic rings. The lowest BCUT2D eigenvalue weighted by Gasteiger charge is -2.13. The summed E-state index contributed by atoms with van der Waals surface area (Å²) < 4.78 is 18.9. The number of carbonyl (C=O) groups is 1. The van der Waals surface area contributed by atoms with E-state index in [1.807, 2.05) is 13.8 Å². The lowest BCUT2D eigenvalue weighted by Crippen LogP contribution is -2.01. The van der Waals surface area contributed by atoms with Crippen LogP contribution < -0.4 is 4.74 Å². The molecule has 0 amide bonds. The van der Waals surface area contributed by atoms with Gasteiger partial charge >= 0.3 is 5.97 Å². The van der Waals surface area contributed by atoms with Crippen molar-refractivity contribution >= 4 is 11.5 Å². The van der Waals surface area contributed by atoms with Crippen LogP contribution in [-0.4, -0.2) is 17.7 Å². The topological polar surface area (TPSA) is 46.5 Å². The maximum atomic E-state index is 13.4. The first-order chi connectivity index (χ1) is 9.08. The Morgan fingerprint density at radius 1 is 1.37 bits per heavy atom. The number of allylic oxidation sites excluding steroid dienone is 1. The average Bonchev–Trinajstić information content (AvgIpc) is 2.36. The highest BCUT2D eigenvalue weighted by Crippen LogP contribution is 2.30. The molecule has 0 heterocycles. The van der Waals surface area contributed by atoms with E-state index in [-0.39, 0.29) is 0 Å². The third-order valence-corrected chi connectivity index (χ3v) is 2.57. The lowest BCUT2D eigenvalue weighted by molar-refractivity contribution is -0.131. The summed E-state index contributed by atoms with van der Waals surface area (Å²) in [7, 11) is 0. The molecule has 0 saturated heterocycles. The zero-order valence-electron chi connectivity index (χ0n) is 11.3. The summed E-state index contributed by atoms with van der Waals surface area (Å²) in [6.07, 6.45) is 3.31. The van der Waals surface area contributed by atoms with Crippen molar-refractivity contribution in [3.05, 3.63) is 35.7 Å². The van der Waals surface area contributed by atoms with Gasteiger partial charge in [-0.2, -0.15) is 0 Å². The van der Waals surface area contributed by atoms with Gasteiger partial charge in [0.05, 0.1) is 6.61 Å². The van der Waals surface area contributed by atoms with Crippen molar-refractivity contribution in [2.75, 3.05) is 6.61 Å². The van der Waals surface area contributed by atoms with Gasteiger partial charge in [-0.3, -0.25) is 0 Å². The standard InChI is InChI=1S/C15H19FO3/c1-3-5-11(9-15(17)18)13-10-12(16)6-7-14(13)19-8-4-2/h6-7,9-10H,3-5,8H2,1-2H3,(H,17,18)/b11-9+. The maximum Gasteiger partial charge on any atom is 0.328 e. The molecule has 1 aromatic carbocycles. The van der Waals surface area contributed by atoms with E-state index in [0.717, 1.165) is 18.9 Å². The Bertz CT molecular complexity index is 466. The van der Waals surface area contributed by atoms with Crippen molar-refractivity contribution < 1.29 is 19.0 Å². The molecule has 0 aliphatic carbocycles. The number of aliphatic carboxylic acids is 1. The van der Waals surface area contributed by atoms with E-state index in [2.05, 4.69) is 0 Å². The van der Waals surface area contributed by atoms with Crippen LogP contribution in [0.1, 0.15) is 38.7 Å². The quantitative estimate of drug-likeness (QED) is 0.762. The Labute approximate surface area is 112 Å². The Hall–Kier alpha value is -1.84. The highest BCUT2D eigenvalue weighted by molar-refractivity contribution is 5.91. The lowest BCUT2D eigenvalue weighted by atomic mass is 10.00. The van der Waals surface area contributed by atoms with Crippen molar-refractivity contribution in [3.8, 4) is 5.75 Å². The van der Waals surface area contributed by atoms with Crippen LogP contribution in [0.2, 0.25) is 0 Å². The number of benzene rings is 1. The molecule has 0 atom stereocenters. The molecule has 1 rings (SSSR count). The smallest absolute Gasteiger partial charge is 0.328 e. The third kappa shape index (κ3) is 4.73. The molecule has 0 aliphatic heterocycles. The van der Waals surface area contributed by atoms with Gasteiger partial charge in [-0.15, -0.1) is 0 Å². The first-order valence-electron chi connectivity index (χ1n) is 6.44. The minimum Gasteiger partial charge on any atom is -0.493 e. The van der Waals surface area contributed by atoms with E-state index in [9.17, 15) is 9.18 Å². The van der Waals surface area contributed by atoms with Crippen molar-refractivity contribution in [2.45, 2.75) is 33.1 Å². The Morgan fingerprint density at radius 2 is 2.11 bits per heavy atom. The Morgan fingerprint density at radius 3 is 2.68 bits per heavy atom. The fourth-order valence-electron chi connectivity index (χ4n) is 1.79. The monoisotopic (exact) mass is 266 g/mol. The largest absolute Gasteiger partial charge is 0.493 e. The summed E-state index contributed by atoms with van der Waals surface area (Å²) >= 11 is 0. The molecule has 0 saturated carbocycles. The van der Waals surface area contributed by atoms with Gasteiger partial charge in [0.25, 0.3) is 0 Å². The fourth-order valence-corrected chi connectivity index (χ4v) is 1.79. The highest BCUT2D eigenvalue weighted by Gasteiger charge is 2.11. The Balaban J connectivity index is 3.18. The second-order valence-corrected chi connectivity index (χ2v) is 4.25. The molecule has 1 aromatic rings. The maximum absolute atomic E-state index is 13.4. The van der Waals surface area contributed by atoms with Crippen LogP contribution in [0, 0.1) is 5.82 Å². The molecule has 0 radical (unpaired) electrons. The summed E-state index contributed by atoms with van der Waals surface area (Å²) in [6, 6.07) is 4.19. The van der Waals surface area contributed by atoms with Crippen LogP contribution in [0.3, 0.4) is 0 Å². The van der Waals surface area contributed by atoms with Crippen molar-refractivity contribution in [1.29, 1.82) is 0 Å². The summed E-state index contributed by atoms with van der Waals surface area (Å²) in [5.74, 6) is -0.899. The number of ether oxygens (including phenoxy) is 1. The van der Waals surface area contributed by atoms with Crippen molar-refractivity contribution in [1.82, 2.24) is 0 Å². The van der Waals surface area contributed by atoms with Crippen LogP contribution in [0.5, 0.6) is 5.75 Å². The van der Waals surface area contributed by atoms with Gasteiger partial charge in [-0.1, -0.05) is 20.3 Å². The van der Waals surface area contributed by atoms with Gasteiger partial charge in [0.2, 0.25) is 0 Å². The van der Waals surface area contributed by atoms with Gasteiger partial charge < -0.3 is 9.84 Å². The van der Waals surface area contributed by atoms with Gasteiger partial charge in [0.1, 0.15) is 11.6 Å². The molecule has 3 nitrogen and oxygen atoms in total. The van der Waals surface area contributed by atoms with E-state index in [1.54, 1.807) is 6.07 Å². The van der Waals surface area contributed by atoms with Crippen LogP contribution in [-0.2, 0) is 4.79 Å². The molecular formula is C15H19FO3. The molecule has 19 heavy (non-hydrogen) atoms. The van der Waals surface area contributed by atoms with Crippen LogP contribution >= 0.6 is 0 Å². The van der Waals surface area contributed by atoms with Crippen molar-refractivity contribution in [2.24, 2.45) is 0 Å². The van der Waals surface area contributed by atoms with Gasteiger partial charge in [-0.25, -0.2) is 9.18 Å². The van der Waals surface area contributed by atoms with Crippen LogP contribution in [0.25, 0.3) is 5.57 Å². The summed E-state index contributed by atoms with van der Waals surface area (Å²) in [6.45, 7) is 4.44. The third-order valence-electron chi connectivity index (χ3n) is 2.57. The first kappa shape index (κ1) is 15.2. The van der Waals surface area contributed by atoms with E-state index in [0.29, 0.717) is 29.9 Å². The zero-order chi connectivity index (χ0) is 14.3. The fraction of sp³-hybridized carbons (Fsp3) is 0.400. The van der Waals surface area contributed by atoms with Crippen LogP contribution in [0.4, 0.5) is 4.39 Å². The first-order valence-corrected chi connectivity index (χ1v) is 6.44. The molecule has 1 N–H and O–H groups in total. The van der Waals surface area contributed by atoms with Crippen molar-refractivity contribution in [3.63, 3.8) is 0 Å². The normalized spacial score (nSPS) is 11.4. The summed E-state index contributed by atoms with van der Waals surface area (Å²) in [4.78, 5) is 10.9. The van der Waals surface area contributed by atoms with E-state index in [4.69, 9.17) is 9.84 Å². The van der Waals surface area contributed by atoms with E-state index < -0.39 is 11.8 Å². The number of hydrogen-bond donors (Lipinski definition) is 1. The van der Waals surface area contributed by atoms with E-state index >= 15 is 0 Å². The molecular weight excluding hydrogens is 247 g/mol. The van der Waals surface area contributed by atoms with Gasteiger partial charge in [0.15, 0.2) is 0 Å². The number of halogens is 1. The minimum absolute atomic E-state index is 0.397. The van der Waals surface area contributed by atoms with Gasteiger partial charge in [-0.05, 0) is 36.6 Å². The SMILES string of the molecule is CCCOc1ccc(F)cc1/C(=C/C(=O)O)CCC. The average molecular weight is 266 g/mol. The number of carboxylic acids is 1. The highest BCUT2D eigenvalue weighted by atomic mass is 19.1. The predicted molar refractivity (Wildman–Crippen MR) is 72.7 cm³/mol. The Kier molecular flexibility index (Phi) is 6.06. The number of hydrogen-bond acceptors (Lipinski definition) is 2. The molecule has 0 spiro atoms.